The summed E-state index contributed by atoms with van der Waals surface area (Å²) < 4.78 is 12.1. The number of hydrogen-bond acceptors (Lipinski definition) is 3. The molecule has 0 aliphatic heterocycles. The molecule has 0 saturated heterocycles. The number of rotatable bonds is 21. The molecule has 0 aliphatic rings. The van der Waals surface area contributed by atoms with Crippen LogP contribution in [0.3, 0.4) is 0 Å². The lowest BCUT2D eigenvalue weighted by atomic mass is 10.0. The van der Waals surface area contributed by atoms with Crippen LogP contribution in [0, 0.1) is 0 Å². The van der Waals surface area contributed by atoms with Gasteiger partial charge in [0.25, 0.3) is 0 Å². The predicted octanol–water partition coefficient (Wildman–Crippen LogP) is 8.12. The molecule has 1 aromatic rings. The first kappa shape index (κ1) is 28.6. The number of phenolic OH excluding ortho intramolecular Hbond substituents is 1. The topological polar surface area (TPSA) is 74.6 Å². The van der Waals surface area contributed by atoms with Gasteiger partial charge in [-0.05, 0) is 30.5 Å². The smallest absolute Gasteiger partial charge is 0.381 e. The molecule has 0 aromatic heterocycles. The van der Waals surface area contributed by atoms with Crippen LogP contribution in [0.15, 0.2) is 18.2 Å². The Hall–Kier alpha value is -1.41. The maximum Gasteiger partial charge on any atom is 0.381 e. The summed E-state index contributed by atoms with van der Waals surface area (Å²) in [6.07, 6.45) is 22.5. The van der Waals surface area contributed by atoms with Crippen LogP contribution in [-0.4, -0.2) is 22.3 Å². The highest BCUT2D eigenvalue weighted by Crippen LogP contribution is 2.27. The van der Waals surface area contributed by atoms with E-state index in [9.17, 15) is 14.5 Å². The standard InChI is InChI=1S/C27H45O4P/c1-2-3-4-5-6-7-8-9-10-11-12-13-14-15-16-17-18-24-19-20-26(25(28)23-24)32(31)22-21-27(29)30/h19-20,23H,2-18,21-22H2,1H3,(H-,28,29,30,31)/p+1. The maximum absolute atomic E-state index is 12.1. The van der Waals surface area contributed by atoms with Gasteiger partial charge in [-0.15, -0.1) is 0 Å². The number of carboxylic acids is 1. The van der Waals surface area contributed by atoms with Crippen LogP contribution in [0.4, 0.5) is 0 Å². The molecule has 0 heterocycles. The number of benzene rings is 1. The molecule has 0 saturated carbocycles. The molecule has 0 fully saturated rings. The second-order valence-electron chi connectivity index (χ2n) is 9.12. The number of carboxylic acid groups (broad SMARTS) is 1. The minimum atomic E-state index is -1.86. The number of phenols is 1. The number of unbranched alkanes of at least 4 members (excludes halogenated alkanes) is 15. The fourth-order valence-electron chi connectivity index (χ4n) is 4.13. The van der Waals surface area contributed by atoms with Crippen molar-refractivity contribution in [2.45, 2.75) is 122 Å². The largest absolute Gasteiger partial charge is 0.504 e. The minimum Gasteiger partial charge on any atom is -0.504 e. The third kappa shape index (κ3) is 14.6. The Kier molecular flexibility index (Phi) is 17.1. The Bertz CT molecular complexity index is 645. The van der Waals surface area contributed by atoms with Gasteiger partial charge in [-0.2, -0.15) is 0 Å². The highest BCUT2D eigenvalue weighted by atomic mass is 31.1. The van der Waals surface area contributed by atoms with Crippen LogP contribution in [-0.2, 0) is 15.8 Å². The first-order chi connectivity index (χ1) is 15.5. The summed E-state index contributed by atoms with van der Waals surface area (Å²) in [4.78, 5) is 10.6. The van der Waals surface area contributed by atoms with E-state index in [-0.39, 0.29) is 18.3 Å². The van der Waals surface area contributed by atoms with E-state index in [0.29, 0.717) is 5.30 Å². The Morgan fingerprint density at radius 3 is 1.69 bits per heavy atom. The molecule has 1 rings (SSSR count). The summed E-state index contributed by atoms with van der Waals surface area (Å²) in [5.74, 6) is -0.932. The van der Waals surface area contributed by atoms with Crippen molar-refractivity contribution in [2.24, 2.45) is 0 Å². The van der Waals surface area contributed by atoms with E-state index in [1.54, 1.807) is 12.1 Å². The predicted molar refractivity (Wildman–Crippen MR) is 136 cm³/mol. The first-order valence-electron chi connectivity index (χ1n) is 13.0. The molecule has 0 spiro atoms. The first-order valence-corrected chi connectivity index (χ1v) is 14.5. The van der Waals surface area contributed by atoms with Gasteiger partial charge in [-0.25, -0.2) is 0 Å². The zero-order chi connectivity index (χ0) is 23.4. The quantitative estimate of drug-likeness (QED) is 0.142. The van der Waals surface area contributed by atoms with Crippen LogP contribution in [0.5, 0.6) is 5.75 Å². The zero-order valence-corrected chi connectivity index (χ0v) is 21.2. The lowest BCUT2D eigenvalue weighted by Crippen LogP contribution is -2.04. The SMILES string of the molecule is CCCCCCCCCCCCCCCCCCc1ccc([P+](=O)CCC(=O)O)c(O)c1. The Balaban J connectivity index is 1.98. The highest BCUT2D eigenvalue weighted by Gasteiger charge is 2.25. The van der Waals surface area contributed by atoms with Gasteiger partial charge in [0.05, 0.1) is 6.42 Å². The Morgan fingerprint density at radius 1 is 0.781 bits per heavy atom. The van der Waals surface area contributed by atoms with E-state index < -0.39 is 13.8 Å². The van der Waals surface area contributed by atoms with Gasteiger partial charge < -0.3 is 10.2 Å². The van der Waals surface area contributed by atoms with Crippen LogP contribution in [0.25, 0.3) is 0 Å². The van der Waals surface area contributed by atoms with Crippen molar-refractivity contribution >= 4 is 19.1 Å². The molecule has 5 heteroatoms. The monoisotopic (exact) mass is 465 g/mol. The average molecular weight is 466 g/mol. The van der Waals surface area contributed by atoms with Gasteiger partial charge in [-0.1, -0.05) is 114 Å². The van der Waals surface area contributed by atoms with Gasteiger partial charge in [0.1, 0.15) is 0 Å². The van der Waals surface area contributed by atoms with Crippen molar-refractivity contribution in [3.05, 3.63) is 23.8 Å². The molecule has 0 aliphatic carbocycles. The molecular formula is C27H46O4P+. The number of aliphatic carboxylic acids is 1. The molecule has 1 aromatic carbocycles. The van der Waals surface area contributed by atoms with Crippen molar-refractivity contribution in [3.63, 3.8) is 0 Å². The Labute approximate surface area is 197 Å². The fraction of sp³-hybridized carbons (Fsp3) is 0.741. The molecule has 32 heavy (non-hydrogen) atoms. The lowest BCUT2D eigenvalue weighted by Gasteiger charge is -2.04. The minimum absolute atomic E-state index is 0.0329. The average Bonchev–Trinajstić information content (AvgIpc) is 2.77. The van der Waals surface area contributed by atoms with Crippen molar-refractivity contribution in [1.29, 1.82) is 0 Å². The van der Waals surface area contributed by atoms with Gasteiger partial charge >= 0.3 is 13.8 Å². The second-order valence-corrected chi connectivity index (χ2v) is 10.8. The summed E-state index contributed by atoms with van der Waals surface area (Å²) in [7, 11) is -1.86. The summed E-state index contributed by atoms with van der Waals surface area (Å²) in [6.45, 7) is 2.27. The summed E-state index contributed by atoms with van der Waals surface area (Å²) in [5, 5.41) is 19.2. The van der Waals surface area contributed by atoms with E-state index in [1.165, 1.54) is 96.3 Å². The fourth-order valence-corrected chi connectivity index (χ4v) is 5.33. The van der Waals surface area contributed by atoms with Gasteiger partial charge in [-0.3, -0.25) is 4.79 Å². The van der Waals surface area contributed by atoms with Crippen LogP contribution < -0.4 is 5.30 Å². The van der Waals surface area contributed by atoms with E-state index in [1.807, 2.05) is 6.07 Å². The number of carbonyl (C=O) groups is 1. The van der Waals surface area contributed by atoms with E-state index in [0.717, 1.165) is 18.4 Å². The molecule has 2 N–H and O–H groups in total. The molecule has 1 atom stereocenters. The van der Waals surface area contributed by atoms with Crippen molar-refractivity contribution in [2.75, 3.05) is 6.16 Å². The highest BCUT2D eigenvalue weighted by molar-refractivity contribution is 7.53. The molecule has 0 amide bonds. The lowest BCUT2D eigenvalue weighted by molar-refractivity contribution is -0.136. The van der Waals surface area contributed by atoms with E-state index in [4.69, 9.17) is 5.11 Å². The third-order valence-corrected chi connectivity index (χ3v) is 7.70. The van der Waals surface area contributed by atoms with Gasteiger partial charge in [0.15, 0.2) is 11.9 Å². The van der Waals surface area contributed by atoms with Gasteiger partial charge in [0, 0.05) is 0 Å². The molecular weight excluding hydrogens is 419 g/mol. The molecule has 0 radical (unpaired) electrons. The van der Waals surface area contributed by atoms with Crippen LogP contribution in [0.2, 0.25) is 0 Å². The third-order valence-electron chi connectivity index (χ3n) is 6.16. The summed E-state index contributed by atoms with van der Waals surface area (Å²) >= 11 is 0. The number of hydrogen-bond donors (Lipinski definition) is 2. The van der Waals surface area contributed by atoms with E-state index in [2.05, 4.69) is 6.92 Å². The second kappa shape index (κ2) is 19.1. The van der Waals surface area contributed by atoms with Crippen LogP contribution >= 0.6 is 7.80 Å². The molecule has 4 nitrogen and oxygen atoms in total. The van der Waals surface area contributed by atoms with Gasteiger partial charge in [0.2, 0.25) is 5.30 Å². The molecule has 182 valence electrons. The van der Waals surface area contributed by atoms with E-state index >= 15 is 0 Å². The van der Waals surface area contributed by atoms with Crippen LogP contribution in [0.1, 0.15) is 122 Å². The zero-order valence-electron chi connectivity index (χ0n) is 20.3. The van der Waals surface area contributed by atoms with Crippen molar-refractivity contribution in [1.82, 2.24) is 0 Å². The summed E-state index contributed by atoms with van der Waals surface area (Å²) in [5.41, 5.74) is 1.05. The normalized spacial score (nSPS) is 11.6. The maximum atomic E-state index is 12.1. The molecule has 1 unspecified atom stereocenters. The Morgan fingerprint density at radius 2 is 1.25 bits per heavy atom. The van der Waals surface area contributed by atoms with Crippen molar-refractivity contribution < 1.29 is 19.6 Å². The molecule has 0 bridgehead atoms. The number of aromatic hydroxyl groups is 1. The van der Waals surface area contributed by atoms with Crippen molar-refractivity contribution in [3.8, 4) is 5.75 Å². The summed E-state index contributed by atoms with van der Waals surface area (Å²) in [6, 6.07) is 5.29. The number of aryl methyl sites for hydroxylation is 1.